The Balaban J connectivity index is 1.95. The number of aromatic hydroxyl groups is 1. The molecule has 2 N–H and O–H groups in total. The number of aryl methyl sites for hydroxylation is 1. The van der Waals surface area contributed by atoms with Gasteiger partial charge in [-0.25, -0.2) is 4.39 Å². The summed E-state index contributed by atoms with van der Waals surface area (Å²) >= 11 is 0. The maximum atomic E-state index is 13.7. The van der Waals surface area contributed by atoms with Crippen LogP contribution in [0.3, 0.4) is 0 Å². The lowest BCUT2D eigenvalue weighted by Gasteiger charge is -2.39. The molecule has 0 bridgehead atoms. The standard InChI is InChI=1S/C24H30FNO3/c1-17-14-18(10-11-22(17)25)16-26(13-12-23(28)29)24(19-6-3-2-4-7-19)20-8-5-9-21(27)15-20/h5,8-11,14-15,19,24,27H,2-4,6-7,12-13,16H2,1H3,(H,28,29). The highest BCUT2D eigenvalue weighted by atomic mass is 19.1. The first kappa shape index (κ1) is 21.3. The molecular formula is C24H30FNO3. The zero-order valence-corrected chi connectivity index (χ0v) is 17.0. The lowest BCUT2D eigenvalue weighted by molar-refractivity contribution is -0.137. The van der Waals surface area contributed by atoms with Gasteiger partial charge in [0.15, 0.2) is 0 Å². The highest BCUT2D eigenvalue weighted by Crippen LogP contribution is 2.40. The van der Waals surface area contributed by atoms with Crippen LogP contribution in [0.5, 0.6) is 5.75 Å². The Morgan fingerprint density at radius 1 is 1.17 bits per heavy atom. The van der Waals surface area contributed by atoms with Gasteiger partial charge in [0.1, 0.15) is 11.6 Å². The maximum absolute atomic E-state index is 13.7. The third kappa shape index (κ3) is 5.80. The zero-order chi connectivity index (χ0) is 20.8. The van der Waals surface area contributed by atoms with Gasteiger partial charge >= 0.3 is 5.97 Å². The van der Waals surface area contributed by atoms with Crippen molar-refractivity contribution in [3.8, 4) is 5.75 Å². The van der Waals surface area contributed by atoms with Crippen molar-refractivity contribution in [2.24, 2.45) is 5.92 Å². The Morgan fingerprint density at radius 2 is 1.93 bits per heavy atom. The summed E-state index contributed by atoms with van der Waals surface area (Å²) in [7, 11) is 0. The number of rotatable bonds is 8. The fraction of sp³-hybridized carbons (Fsp3) is 0.458. The fourth-order valence-corrected chi connectivity index (χ4v) is 4.54. The van der Waals surface area contributed by atoms with Gasteiger partial charge in [-0.15, -0.1) is 0 Å². The van der Waals surface area contributed by atoms with Crippen LogP contribution in [-0.2, 0) is 11.3 Å². The van der Waals surface area contributed by atoms with E-state index < -0.39 is 5.97 Å². The molecule has 1 unspecified atom stereocenters. The van der Waals surface area contributed by atoms with E-state index in [1.807, 2.05) is 18.2 Å². The number of nitrogens with zero attached hydrogens (tertiary/aromatic N) is 1. The molecule has 1 saturated carbocycles. The van der Waals surface area contributed by atoms with Crippen LogP contribution in [-0.4, -0.2) is 27.6 Å². The number of aliphatic carboxylic acids is 1. The van der Waals surface area contributed by atoms with E-state index in [9.17, 15) is 19.4 Å². The number of phenolic OH excluding ortho intramolecular Hbond substituents is 1. The quantitative estimate of drug-likeness (QED) is 0.621. The molecule has 1 atom stereocenters. The average molecular weight is 400 g/mol. The minimum atomic E-state index is -0.830. The molecule has 1 aliphatic carbocycles. The van der Waals surface area contributed by atoms with Gasteiger partial charge in [-0.05, 0) is 60.6 Å². The van der Waals surface area contributed by atoms with Crippen LogP contribution in [0.25, 0.3) is 0 Å². The van der Waals surface area contributed by atoms with E-state index in [-0.39, 0.29) is 24.0 Å². The molecule has 3 rings (SSSR count). The van der Waals surface area contributed by atoms with E-state index in [1.54, 1.807) is 25.1 Å². The summed E-state index contributed by atoms with van der Waals surface area (Å²) in [5.74, 6) is -0.439. The second-order valence-electron chi connectivity index (χ2n) is 8.14. The Kier molecular flexibility index (Phi) is 7.26. The summed E-state index contributed by atoms with van der Waals surface area (Å²) < 4.78 is 13.7. The van der Waals surface area contributed by atoms with Crippen molar-refractivity contribution in [3.63, 3.8) is 0 Å². The summed E-state index contributed by atoms with van der Waals surface area (Å²) in [5, 5.41) is 19.4. The molecule has 5 heteroatoms. The van der Waals surface area contributed by atoms with Crippen molar-refractivity contribution in [3.05, 3.63) is 65.0 Å². The van der Waals surface area contributed by atoms with E-state index in [1.165, 1.54) is 25.3 Å². The normalized spacial score (nSPS) is 16.1. The predicted molar refractivity (Wildman–Crippen MR) is 111 cm³/mol. The maximum Gasteiger partial charge on any atom is 0.304 e. The Morgan fingerprint density at radius 3 is 2.59 bits per heavy atom. The molecule has 2 aromatic rings. The van der Waals surface area contributed by atoms with Crippen LogP contribution >= 0.6 is 0 Å². The Labute approximate surface area is 172 Å². The summed E-state index contributed by atoms with van der Waals surface area (Å²) in [6.07, 6.45) is 5.79. The molecule has 0 saturated heterocycles. The summed E-state index contributed by atoms with van der Waals surface area (Å²) in [6, 6.07) is 12.4. The van der Waals surface area contributed by atoms with Gasteiger partial charge in [-0.2, -0.15) is 0 Å². The monoisotopic (exact) mass is 399 g/mol. The molecule has 156 valence electrons. The molecule has 1 aliphatic rings. The Hall–Kier alpha value is -2.40. The van der Waals surface area contributed by atoms with E-state index in [0.29, 0.717) is 24.6 Å². The number of halogens is 1. The second kappa shape index (κ2) is 9.88. The first-order valence-corrected chi connectivity index (χ1v) is 10.4. The molecule has 0 radical (unpaired) electrons. The molecule has 4 nitrogen and oxygen atoms in total. The molecule has 1 fully saturated rings. The van der Waals surface area contributed by atoms with Crippen LogP contribution in [0.1, 0.15) is 61.3 Å². The number of carboxylic acid groups (broad SMARTS) is 1. The van der Waals surface area contributed by atoms with Crippen molar-refractivity contribution in [1.29, 1.82) is 0 Å². The fourth-order valence-electron chi connectivity index (χ4n) is 4.54. The first-order valence-electron chi connectivity index (χ1n) is 10.4. The number of hydrogen-bond acceptors (Lipinski definition) is 3. The molecule has 0 aromatic heterocycles. The van der Waals surface area contributed by atoms with Crippen LogP contribution < -0.4 is 0 Å². The number of phenols is 1. The van der Waals surface area contributed by atoms with Gasteiger partial charge in [0.25, 0.3) is 0 Å². The molecule has 0 aliphatic heterocycles. The lowest BCUT2D eigenvalue weighted by atomic mass is 9.80. The first-order chi connectivity index (χ1) is 13.9. The van der Waals surface area contributed by atoms with Crippen LogP contribution in [0, 0.1) is 18.7 Å². The summed E-state index contributed by atoms with van der Waals surface area (Å²) in [4.78, 5) is 13.5. The number of hydrogen-bond donors (Lipinski definition) is 2. The highest BCUT2D eigenvalue weighted by molar-refractivity contribution is 5.66. The number of carbonyl (C=O) groups is 1. The largest absolute Gasteiger partial charge is 0.508 e. The molecule has 2 aromatic carbocycles. The molecule has 0 amide bonds. The van der Waals surface area contributed by atoms with Crippen molar-refractivity contribution < 1.29 is 19.4 Å². The van der Waals surface area contributed by atoms with Crippen LogP contribution in [0.4, 0.5) is 4.39 Å². The Bertz CT molecular complexity index is 833. The highest BCUT2D eigenvalue weighted by Gasteiger charge is 2.31. The number of carboxylic acids is 1. The zero-order valence-electron chi connectivity index (χ0n) is 17.0. The van der Waals surface area contributed by atoms with Crippen molar-refractivity contribution in [1.82, 2.24) is 4.90 Å². The molecular weight excluding hydrogens is 369 g/mol. The minimum Gasteiger partial charge on any atom is -0.508 e. The van der Waals surface area contributed by atoms with Crippen molar-refractivity contribution in [2.75, 3.05) is 6.54 Å². The smallest absolute Gasteiger partial charge is 0.304 e. The van der Waals surface area contributed by atoms with E-state index >= 15 is 0 Å². The van der Waals surface area contributed by atoms with E-state index in [2.05, 4.69) is 4.90 Å². The van der Waals surface area contributed by atoms with Crippen LogP contribution in [0.2, 0.25) is 0 Å². The van der Waals surface area contributed by atoms with E-state index in [0.717, 1.165) is 24.0 Å². The van der Waals surface area contributed by atoms with Gasteiger partial charge in [-0.1, -0.05) is 43.5 Å². The van der Waals surface area contributed by atoms with Crippen LogP contribution in [0.15, 0.2) is 42.5 Å². The molecule has 0 heterocycles. The van der Waals surface area contributed by atoms with Gasteiger partial charge in [0.2, 0.25) is 0 Å². The van der Waals surface area contributed by atoms with E-state index in [4.69, 9.17) is 0 Å². The molecule has 29 heavy (non-hydrogen) atoms. The van der Waals surface area contributed by atoms with Gasteiger partial charge < -0.3 is 10.2 Å². The van der Waals surface area contributed by atoms with Crippen molar-refractivity contribution >= 4 is 5.97 Å². The topological polar surface area (TPSA) is 60.8 Å². The summed E-state index contributed by atoms with van der Waals surface area (Å²) in [5.41, 5.74) is 2.57. The number of benzene rings is 2. The average Bonchev–Trinajstić information content (AvgIpc) is 2.70. The lowest BCUT2D eigenvalue weighted by Crippen LogP contribution is -2.36. The molecule has 0 spiro atoms. The van der Waals surface area contributed by atoms with Gasteiger partial charge in [-0.3, -0.25) is 9.69 Å². The minimum absolute atomic E-state index is 0.0205. The van der Waals surface area contributed by atoms with Gasteiger partial charge in [0, 0.05) is 19.1 Å². The summed E-state index contributed by atoms with van der Waals surface area (Å²) in [6.45, 7) is 2.70. The van der Waals surface area contributed by atoms with Crippen molar-refractivity contribution in [2.45, 2.75) is 58.0 Å². The third-order valence-corrected chi connectivity index (χ3v) is 5.92. The SMILES string of the molecule is Cc1cc(CN(CCC(=O)O)C(c2cccc(O)c2)C2CCCCC2)ccc1F. The third-order valence-electron chi connectivity index (χ3n) is 5.92. The van der Waals surface area contributed by atoms with Gasteiger partial charge in [0.05, 0.1) is 6.42 Å². The second-order valence-corrected chi connectivity index (χ2v) is 8.14. The predicted octanol–water partition coefficient (Wildman–Crippen LogP) is 5.44.